The van der Waals surface area contributed by atoms with Crippen molar-refractivity contribution in [2.75, 3.05) is 33.7 Å². The number of carbonyl (C=O) groups is 3. The van der Waals surface area contributed by atoms with E-state index in [1.54, 1.807) is 19.0 Å². The molecule has 2 aliphatic rings. The van der Waals surface area contributed by atoms with Gasteiger partial charge >= 0.3 is 6.03 Å². The van der Waals surface area contributed by atoms with Gasteiger partial charge in [-0.15, -0.1) is 0 Å². The molecular formula is C19H24N4O3. The van der Waals surface area contributed by atoms with Crippen LogP contribution in [0, 0.1) is 6.92 Å². The van der Waals surface area contributed by atoms with Gasteiger partial charge in [-0.3, -0.25) is 14.5 Å². The molecule has 0 aliphatic carbocycles. The number of hydrogen-bond acceptors (Lipinski definition) is 3. The number of nitrogens with zero attached hydrogens (tertiary/aromatic N) is 3. The van der Waals surface area contributed by atoms with Gasteiger partial charge in [-0.05, 0) is 19.4 Å². The Bertz CT molecular complexity index is 800. The summed E-state index contributed by atoms with van der Waals surface area (Å²) >= 11 is 0. The molecule has 0 aromatic heterocycles. The predicted molar refractivity (Wildman–Crippen MR) is 97.1 cm³/mol. The van der Waals surface area contributed by atoms with Crippen molar-refractivity contribution in [1.82, 2.24) is 20.0 Å². The molecule has 0 radical (unpaired) electrons. The van der Waals surface area contributed by atoms with Crippen molar-refractivity contribution in [1.29, 1.82) is 0 Å². The molecule has 26 heavy (non-hydrogen) atoms. The van der Waals surface area contributed by atoms with E-state index in [9.17, 15) is 14.4 Å². The van der Waals surface area contributed by atoms with Gasteiger partial charge in [-0.2, -0.15) is 0 Å². The maximum absolute atomic E-state index is 13.1. The molecule has 2 heterocycles. The third kappa shape index (κ3) is 3.05. The third-order valence-electron chi connectivity index (χ3n) is 4.81. The lowest BCUT2D eigenvalue weighted by Gasteiger charge is -2.33. The largest absolute Gasteiger partial charge is 0.347 e. The maximum Gasteiger partial charge on any atom is 0.322 e. The second-order valence-electron chi connectivity index (χ2n) is 6.85. The first kappa shape index (κ1) is 18.0. The topological polar surface area (TPSA) is 73.0 Å². The molecule has 0 saturated heterocycles. The lowest BCUT2D eigenvalue weighted by Crippen LogP contribution is -2.47. The summed E-state index contributed by atoms with van der Waals surface area (Å²) in [6.45, 7) is 4.59. The number of rotatable bonds is 4. The summed E-state index contributed by atoms with van der Waals surface area (Å²) in [5.74, 6) is -0.340. The van der Waals surface area contributed by atoms with Crippen LogP contribution in [0.2, 0.25) is 0 Å². The van der Waals surface area contributed by atoms with Gasteiger partial charge in [0.15, 0.2) is 0 Å². The van der Waals surface area contributed by atoms with Gasteiger partial charge in [-0.1, -0.05) is 29.8 Å². The van der Waals surface area contributed by atoms with Gasteiger partial charge in [0.25, 0.3) is 5.91 Å². The van der Waals surface area contributed by atoms with E-state index in [4.69, 9.17) is 0 Å². The highest BCUT2D eigenvalue weighted by Gasteiger charge is 2.44. The molecule has 1 N–H and O–H groups in total. The zero-order valence-corrected chi connectivity index (χ0v) is 15.6. The molecule has 1 aromatic rings. The van der Waals surface area contributed by atoms with Crippen LogP contribution in [0.25, 0.3) is 0 Å². The maximum atomic E-state index is 13.1. The third-order valence-corrected chi connectivity index (χ3v) is 4.81. The van der Waals surface area contributed by atoms with Crippen molar-refractivity contribution in [3.8, 4) is 0 Å². The quantitative estimate of drug-likeness (QED) is 0.883. The zero-order valence-electron chi connectivity index (χ0n) is 15.6. The van der Waals surface area contributed by atoms with Crippen LogP contribution in [-0.2, 0) is 9.59 Å². The SMILES string of the molecule is CCN1C(=O)NC(c2cccc(C)c2)C2=C1CN(CC(=O)N(C)C)C2=O. The molecule has 3 rings (SSSR count). The fourth-order valence-corrected chi connectivity index (χ4v) is 3.42. The molecule has 0 fully saturated rings. The van der Waals surface area contributed by atoms with E-state index in [0.29, 0.717) is 17.8 Å². The Labute approximate surface area is 153 Å². The highest BCUT2D eigenvalue weighted by molar-refractivity contribution is 6.02. The lowest BCUT2D eigenvalue weighted by molar-refractivity contribution is -0.136. The molecule has 0 spiro atoms. The number of benzene rings is 1. The van der Waals surface area contributed by atoms with E-state index in [0.717, 1.165) is 11.1 Å². The standard InChI is InChI=1S/C19H24N4O3/c1-5-23-14-10-22(11-15(24)21(3)4)18(25)16(14)17(20-19(23)26)13-8-6-7-12(2)9-13/h6-9,17H,5,10-11H2,1-4H3,(H,20,26). The number of nitrogens with one attached hydrogen (secondary N) is 1. The van der Waals surface area contributed by atoms with Gasteiger partial charge < -0.3 is 15.1 Å². The van der Waals surface area contributed by atoms with E-state index >= 15 is 0 Å². The summed E-state index contributed by atoms with van der Waals surface area (Å²) in [4.78, 5) is 42.2. The van der Waals surface area contributed by atoms with Crippen molar-refractivity contribution >= 4 is 17.8 Å². The Morgan fingerprint density at radius 3 is 2.65 bits per heavy atom. The number of carbonyl (C=O) groups excluding carboxylic acids is 3. The van der Waals surface area contributed by atoms with Crippen LogP contribution in [0.15, 0.2) is 35.5 Å². The summed E-state index contributed by atoms with van der Waals surface area (Å²) in [7, 11) is 3.32. The summed E-state index contributed by atoms with van der Waals surface area (Å²) in [5, 5.41) is 2.95. The molecular weight excluding hydrogens is 332 g/mol. The summed E-state index contributed by atoms with van der Waals surface area (Å²) in [6, 6.07) is 7.05. The number of likely N-dealkylation sites (N-methyl/N-ethyl adjacent to an activating group) is 2. The Kier molecular flexibility index (Phi) is 4.71. The van der Waals surface area contributed by atoms with E-state index in [1.807, 2.05) is 38.1 Å². The smallest absolute Gasteiger partial charge is 0.322 e. The Balaban J connectivity index is 1.99. The number of amides is 4. The molecule has 138 valence electrons. The van der Waals surface area contributed by atoms with Crippen LogP contribution in [0.4, 0.5) is 4.79 Å². The molecule has 4 amide bonds. The van der Waals surface area contributed by atoms with Gasteiger partial charge in [-0.25, -0.2) is 4.79 Å². The van der Waals surface area contributed by atoms with Crippen molar-refractivity contribution < 1.29 is 14.4 Å². The Morgan fingerprint density at radius 1 is 1.31 bits per heavy atom. The van der Waals surface area contributed by atoms with Crippen LogP contribution in [0.5, 0.6) is 0 Å². The van der Waals surface area contributed by atoms with Crippen LogP contribution >= 0.6 is 0 Å². The average molecular weight is 356 g/mol. The minimum Gasteiger partial charge on any atom is -0.347 e. The van der Waals surface area contributed by atoms with Crippen molar-refractivity contribution in [3.63, 3.8) is 0 Å². The average Bonchev–Trinajstić information content (AvgIpc) is 2.90. The number of urea groups is 1. The second kappa shape index (κ2) is 6.82. The minimum absolute atomic E-state index is 0.00507. The van der Waals surface area contributed by atoms with Crippen molar-refractivity contribution in [2.24, 2.45) is 0 Å². The van der Waals surface area contributed by atoms with E-state index in [1.165, 1.54) is 9.80 Å². The first-order valence-corrected chi connectivity index (χ1v) is 8.70. The molecule has 7 heteroatoms. The fourth-order valence-electron chi connectivity index (χ4n) is 3.42. The first-order valence-electron chi connectivity index (χ1n) is 8.70. The highest BCUT2D eigenvalue weighted by Crippen LogP contribution is 2.36. The van der Waals surface area contributed by atoms with Gasteiger partial charge in [0.05, 0.1) is 23.9 Å². The van der Waals surface area contributed by atoms with Crippen molar-refractivity contribution in [2.45, 2.75) is 19.9 Å². The summed E-state index contributed by atoms with van der Waals surface area (Å²) in [5.41, 5.74) is 3.18. The number of hydrogen-bond donors (Lipinski definition) is 1. The molecule has 0 bridgehead atoms. The van der Waals surface area contributed by atoms with Crippen LogP contribution in [0.1, 0.15) is 24.1 Å². The Hall–Kier alpha value is -2.83. The first-order chi connectivity index (χ1) is 12.3. The molecule has 2 aliphatic heterocycles. The molecule has 1 atom stereocenters. The van der Waals surface area contributed by atoms with Gasteiger partial charge in [0, 0.05) is 20.6 Å². The fraction of sp³-hybridized carbons (Fsp3) is 0.421. The normalized spacial score (nSPS) is 19.6. The molecule has 1 aromatic carbocycles. The van der Waals surface area contributed by atoms with Crippen molar-refractivity contribution in [3.05, 3.63) is 46.7 Å². The van der Waals surface area contributed by atoms with Gasteiger partial charge in [0.2, 0.25) is 5.91 Å². The lowest BCUT2D eigenvalue weighted by atomic mass is 9.94. The monoisotopic (exact) mass is 356 g/mol. The van der Waals surface area contributed by atoms with E-state index in [2.05, 4.69) is 5.32 Å². The van der Waals surface area contributed by atoms with Crippen LogP contribution in [-0.4, -0.2) is 66.3 Å². The second-order valence-corrected chi connectivity index (χ2v) is 6.85. The summed E-state index contributed by atoms with van der Waals surface area (Å²) in [6.07, 6.45) is 0. The molecule has 0 saturated carbocycles. The minimum atomic E-state index is -0.493. The Morgan fingerprint density at radius 2 is 2.04 bits per heavy atom. The zero-order chi connectivity index (χ0) is 19.0. The molecule has 1 unspecified atom stereocenters. The summed E-state index contributed by atoms with van der Waals surface area (Å²) < 4.78 is 0. The van der Waals surface area contributed by atoms with Crippen LogP contribution in [0.3, 0.4) is 0 Å². The number of aryl methyl sites for hydroxylation is 1. The van der Waals surface area contributed by atoms with Gasteiger partial charge in [0.1, 0.15) is 6.54 Å². The van der Waals surface area contributed by atoms with E-state index in [-0.39, 0.29) is 30.9 Å². The predicted octanol–water partition coefficient (Wildman–Crippen LogP) is 1.27. The van der Waals surface area contributed by atoms with Crippen LogP contribution < -0.4 is 5.32 Å². The highest BCUT2D eigenvalue weighted by atomic mass is 16.2. The van der Waals surface area contributed by atoms with E-state index < -0.39 is 6.04 Å². The molecule has 7 nitrogen and oxygen atoms in total.